The Morgan fingerprint density at radius 2 is 2.04 bits per heavy atom. The number of benzene rings is 2. The summed E-state index contributed by atoms with van der Waals surface area (Å²) in [5.41, 5.74) is 3.42. The highest BCUT2D eigenvalue weighted by molar-refractivity contribution is 6.32. The van der Waals surface area contributed by atoms with Crippen LogP contribution in [0, 0.1) is 10.1 Å². The highest BCUT2D eigenvalue weighted by Gasteiger charge is 2.11. The molecule has 0 bridgehead atoms. The Kier molecular flexibility index (Phi) is 5.86. The summed E-state index contributed by atoms with van der Waals surface area (Å²) in [5.74, 6) is 0.404. The van der Waals surface area contributed by atoms with Crippen molar-refractivity contribution in [2.45, 2.75) is 6.42 Å². The minimum Gasteiger partial charge on any atom is -0.497 e. The van der Waals surface area contributed by atoms with Crippen molar-refractivity contribution < 1.29 is 14.5 Å². The minimum atomic E-state index is -0.581. The maximum Gasteiger partial charge on any atom is 0.288 e. The number of ether oxygens (including phenoxy) is 1. The molecule has 0 aliphatic heterocycles. The molecule has 2 rings (SSSR count). The highest BCUT2D eigenvalue weighted by atomic mass is 35.5. The Hall–Kier alpha value is -2.93. The molecule has 0 atom stereocenters. The summed E-state index contributed by atoms with van der Waals surface area (Å²) < 4.78 is 5.04. The van der Waals surface area contributed by atoms with Crippen molar-refractivity contribution in [3.8, 4) is 5.75 Å². The number of rotatable bonds is 6. The molecule has 124 valence electrons. The third-order valence-corrected chi connectivity index (χ3v) is 3.41. The summed E-state index contributed by atoms with van der Waals surface area (Å²) in [6.45, 7) is 0. The molecule has 0 aliphatic rings. The quantitative estimate of drug-likeness (QED) is 0.494. The number of halogens is 1. The highest BCUT2D eigenvalue weighted by Crippen LogP contribution is 2.24. The zero-order chi connectivity index (χ0) is 17.5. The van der Waals surface area contributed by atoms with Crippen LogP contribution in [-0.4, -0.2) is 24.2 Å². The van der Waals surface area contributed by atoms with Crippen LogP contribution in [0.5, 0.6) is 5.75 Å². The summed E-state index contributed by atoms with van der Waals surface area (Å²) in [7, 11) is 1.57. The first kappa shape index (κ1) is 17.4. The van der Waals surface area contributed by atoms with Gasteiger partial charge >= 0.3 is 0 Å². The van der Waals surface area contributed by atoms with Crippen LogP contribution in [0.2, 0.25) is 5.02 Å². The zero-order valence-corrected chi connectivity index (χ0v) is 13.5. The van der Waals surface area contributed by atoms with E-state index in [1.54, 1.807) is 37.4 Å². The van der Waals surface area contributed by atoms with E-state index in [1.807, 2.05) is 0 Å². The van der Waals surface area contributed by atoms with E-state index in [9.17, 15) is 14.9 Å². The van der Waals surface area contributed by atoms with Crippen molar-refractivity contribution in [2.75, 3.05) is 7.11 Å². The number of carbonyl (C=O) groups is 1. The molecule has 1 N–H and O–H groups in total. The molecule has 0 saturated heterocycles. The SMILES string of the molecule is COc1ccc(CC(=O)NN=Cc2ccc(Cl)c([N+](=O)[O-])c2)cc1. The van der Waals surface area contributed by atoms with E-state index in [2.05, 4.69) is 10.5 Å². The first-order valence-electron chi connectivity index (χ1n) is 6.88. The number of carbonyl (C=O) groups excluding carboxylic acids is 1. The number of nitrogens with one attached hydrogen (secondary N) is 1. The van der Waals surface area contributed by atoms with Crippen molar-refractivity contribution in [2.24, 2.45) is 5.10 Å². The lowest BCUT2D eigenvalue weighted by Crippen LogP contribution is -2.19. The van der Waals surface area contributed by atoms with Gasteiger partial charge in [0.05, 0.1) is 24.7 Å². The van der Waals surface area contributed by atoms with Gasteiger partial charge in [0.15, 0.2) is 0 Å². The minimum absolute atomic E-state index is 0.0423. The Morgan fingerprint density at radius 1 is 1.33 bits per heavy atom. The number of nitro groups is 1. The summed E-state index contributed by atoms with van der Waals surface area (Å²) in [4.78, 5) is 22.0. The number of nitro benzene ring substituents is 1. The van der Waals surface area contributed by atoms with E-state index in [1.165, 1.54) is 18.3 Å². The molecule has 0 saturated carbocycles. The average molecular weight is 348 g/mol. The standard InChI is InChI=1S/C16H14ClN3O4/c1-24-13-5-2-11(3-6-13)9-16(21)19-18-10-12-4-7-14(17)15(8-12)20(22)23/h2-8,10H,9H2,1H3,(H,19,21). The van der Waals surface area contributed by atoms with E-state index in [4.69, 9.17) is 16.3 Å². The van der Waals surface area contributed by atoms with Gasteiger partial charge in [-0.25, -0.2) is 5.43 Å². The molecule has 0 fully saturated rings. The number of hydrogen-bond donors (Lipinski definition) is 1. The molecular formula is C16H14ClN3O4. The molecule has 0 aliphatic carbocycles. The van der Waals surface area contributed by atoms with Crippen LogP contribution in [-0.2, 0) is 11.2 Å². The van der Waals surface area contributed by atoms with Gasteiger partial charge in [-0.3, -0.25) is 14.9 Å². The fourth-order valence-electron chi connectivity index (χ4n) is 1.90. The Morgan fingerprint density at radius 3 is 2.67 bits per heavy atom. The molecule has 8 heteroatoms. The summed E-state index contributed by atoms with van der Waals surface area (Å²) in [5, 5.41) is 14.6. The van der Waals surface area contributed by atoms with Crippen LogP contribution in [0.25, 0.3) is 0 Å². The van der Waals surface area contributed by atoms with Crippen LogP contribution in [0.1, 0.15) is 11.1 Å². The van der Waals surface area contributed by atoms with Crippen LogP contribution in [0.4, 0.5) is 5.69 Å². The normalized spacial score (nSPS) is 10.6. The topological polar surface area (TPSA) is 93.8 Å². The molecular weight excluding hydrogens is 334 g/mol. The van der Waals surface area contributed by atoms with E-state index in [0.717, 1.165) is 5.56 Å². The molecule has 0 unspecified atom stereocenters. The van der Waals surface area contributed by atoms with E-state index < -0.39 is 4.92 Å². The Bertz CT molecular complexity index is 775. The lowest BCUT2D eigenvalue weighted by atomic mass is 10.1. The molecule has 0 aromatic heterocycles. The van der Waals surface area contributed by atoms with Gasteiger partial charge in [0, 0.05) is 11.6 Å². The fourth-order valence-corrected chi connectivity index (χ4v) is 2.08. The smallest absolute Gasteiger partial charge is 0.288 e. The first-order valence-corrected chi connectivity index (χ1v) is 7.26. The average Bonchev–Trinajstić information content (AvgIpc) is 2.57. The predicted octanol–water partition coefficient (Wildman–Crippen LogP) is 2.95. The molecule has 2 aromatic carbocycles. The molecule has 0 radical (unpaired) electrons. The second kappa shape index (κ2) is 8.07. The van der Waals surface area contributed by atoms with Gasteiger partial charge in [0.1, 0.15) is 10.8 Å². The van der Waals surface area contributed by atoms with Crippen molar-refractivity contribution in [1.82, 2.24) is 5.43 Å². The monoisotopic (exact) mass is 347 g/mol. The van der Waals surface area contributed by atoms with Crippen LogP contribution >= 0.6 is 11.6 Å². The van der Waals surface area contributed by atoms with Gasteiger partial charge in [0.2, 0.25) is 5.91 Å². The lowest BCUT2D eigenvalue weighted by Gasteiger charge is -2.03. The predicted molar refractivity (Wildman–Crippen MR) is 90.5 cm³/mol. The molecule has 24 heavy (non-hydrogen) atoms. The molecule has 0 spiro atoms. The van der Waals surface area contributed by atoms with Gasteiger partial charge in [-0.2, -0.15) is 5.10 Å². The van der Waals surface area contributed by atoms with Crippen molar-refractivity contribution in [3.63, 3.8) is 0 Å². The van der Waals surface area contributed by atoms with Gasteiger partial charge in [-0.1, -0.05) is 29.8 Å². The summed E-state index contributed by atoms with van der Waals surface area (Å²) in [6.07, 6.45) is 1.47. The third-order valence-electron chi connectivity index (χ3n) is 3.09. The second-order valence-corrected chi connectivity index (χ2v) is 5.19. The maximum absolute atomic E-state index is 11.8. The van der Waals surface area contributed by atoms with Crippen LogP contribution in [0.15, 0.2) is 47.6 Å². The molecule has 2 aromatic rings. The van der Waals surface area contributed by atoms with Crippen LogP contribution < -0.4 is 10.2 Å². The molecule has 1 amide bonds. The number of nitrogens with zero attached hydrogens (tertiary/aromatic N) is 2. The first-order chi connectivity index (χ1) is 11.5. The van der Waals surface area contributed by atoms with Gasteiger partial charge in [-0.15, -0.1) is 0 Å². The van der Waals surface area contributed by atoms with E-state index in [0.29, 0.717) is 11.3 Å². The van der Waals surface area contributed by atoms with Crippen molar-refractivity contribution >= 4 is 29.4 Å². The van der Waals surface area contributed by atoms with Crippen molar-refractivity contribution in [3.05, 3.63) is 68.7 Å². The number of methoxy groups -OCH3 is 1. The summed E-state index contributed by atoms with van der Waals surface area (Å²) in [6, 6.07) is 11.3. The Labute approximate surface area is 143 Å². The molecule has 7 nitrogen and oxygen atoms in total. The zero-order valence-electron chi connectivity index (χ0n) is 12.7. The number of hydrazone groups is 1. The Balaban J connectivity index is 1.94. The van der Waals surface area contributed by atoms with Crippen molar-refractivity contribution in [1.29, 1.82) is 0 Å². The number of amides is 1. The van der Waals surface area contributed by atoms with Crippen LogP contribution in [0.3, 0.4) is 0 Å². The second-order valence-electron chi connectivity index (χ2n) is 4.79. The fraction of sp³-hybridized carbons (Fsp3) is 0.125. The maximum atomic E-state index is 11.8. The lowest BCUT2D eigenvalue weighted by molar-refractivity contribution is -0.384. The van der Waals surface area contributed by atoms with Gasteiger partial charge in [0.25, 0.3) is 5.69 Å². The third kappa shape index (κ3) is 4.79. The van der Waals surface area contributed by atoms with Gasteiger partial charge < -0.3 is 4.74 Å². The van der Waals surface area contributed by atoms with E-state index in [-0.39, 0.29) is 23.0 Å². The van der Waals surface area contributed by atoms with E-state index >= 15 is 0 Å². The van der Waals surface area contributed by atoms with Gasteiger partial charge in [-0.05, 0) is 23.8 Å². The summed E-state index contributed by atoms with van der Waals surface area (Å²) >= 11 is 5.72. The number of hydrogen-bond acceptors (Lipinski definition) is 5. The largest absolute Gasteiger partial charge is 0.497 e. The molecule has 0 heterocycles.